The van der Waals surface area contributed by atoms with Crippen molar-refractivity contribution in [1.82, 2.24) is 9.55 Å². The van der Waals surface area contributed by atoms with Crippen molar-refractivity contribution in [3.63, 3.8) is 0 Å². The van der Waals surface area contributed by atoms with E-state index in [1.54, 1.807) is 41.5 Å². The zero-order chi connectivity index (χ0) is 24.5. The highest BCUT2D eigenvalue weighted by Gasteiger charge is 2.60. The van der Waals surface area contributed by atoms with Gasteiger partial charge in [0.15, 0.2) is 6.10 Å². The number of rotatable bonds is 4. The van der Waals surface area contributed by atoms with E-state index in [4.69, 9.17) is 18.9 Å². The second-order valence-electron chi connectivity index (χ2n) is 9.05. The first kappa shape index (κ1) is 25.5. The summed E-state index contributed by atoms with van der Waals surface area (Å²) in [6.45, 7) is 8.91. The van der Waals surface area contributed by atoms with Crippen LogP contribution in [0.4, 0.5) is 24.2 Å². The van der Waals surface area contributed by atoms with Crippen molar-refractivity contribution in [3.8, 4) is 0 Å². The van der Waals surface area contributed by atoms with Crippen molar-refractivity contribution in [2.45, 2.75) is 77.1 Å². The van der Waals surface area contributed by atoms with Crippen LogP contribution in [0.1, 0.15) is 47.8 Å². The van der Waals surface area contributed by atoms with Gasteiger partial charge >= 0.3 is 23.9 Å². The Morgan fingerprint density at radius 2 is 1.81 bits per heavy atom. The molecule has 2 N–H and O–H groups in total. The molecule has 2 rings (SSSR count). The molecule has 0 aliphatic carbocycles. The van der Waals surface area contributed by atoms with E-state index < -0.39 is 60.1 Å². The molecule has 11 nitrogen and oxygen atoms in total. The fourth-order valence-electron chi connectivity index (χ4n) is 2.60. The normalized spacial score (nSPS) is 22.8. The zero-order valence-corrected chi connectivity index (χ0v) is 18.5. The van der Waals surface area contributed by atoms with Gasteiger partial charge in [0.05, 0.1) is 0 Å². The molecule has 1 fully saturated rings. The van der Waals surface area contributed by atoms with Crippen molar-refractivity contribution < 1.29 is 42.4 Å². The Hall–Kier alpha value is -2.80. The average molecular weight is 463 g/mol. The summed E-state index contributed by atoms with van der Waals surface area (Å²) in [5.41, 5.74) is -2.85. The minimum absolute atomic E-state index is 0.229. The number of hydrogen-bond acceptors (Lipinski definition) is 9. The predicted octanol–water partition coefficient (Wildman–Crippen LogP) is 2.44. The van der Waals surface area contributed by atoms with Gasteiger partial charge in [-0.05, 0) is 47.6 Å². The number of nitrogens with one attached hydrogen (secondary N) is 1. The maximum absolute atomic E-state index is 14.6. The highest BCUT2D eigenvalue weighted by atomic mass is 19.3. The predicted molar refractivity (Wildman–Crippen MR) is 105 cm³/mol. The minimum atomic E-state index is -3.91. The minimum Gasteiger partial charge on any atom is -0.444 e. The van der Waals surface area contributed by atoms with Crippen molar-refractivity contribution >= 4 is 18.1 Å². The second kappa shape index (κ2) is 8.98. The number of alkyl halides is 2. The quantitative estimate of drug-likeness (QED) is 0.645. The first-order chi connectivity index (χ1) is 14.5. The number of ether oxygens (including phenoxy) is 4. The molecular formula is C19H27F2N3O8. The average Bonchev–Trinajstić information content (AvgIpc) is 2.80. The lowest BCUT2D eigenvalue weighted by molar-refractivity contribution is -0.141. The molecule has 3 atom stereocenters. The number of halogens is 2. The standard InChI is InChI=1S/C19H27F2N3O8/c1-17(2,3)31-15(27)23-11-7-8-24(14(26)22-11)13-19(20,21)12(25)10(30-13)9-29-16(28)32-18(4,5)6/h7-8,10,12-13,25H,9H2,1-6H3,(H,22,23,26,27)/t10-,12-,13-/m1/s1. The lowest BCUT2D eigenvalue weighted by Gasteiger charge is -2.21. The van der Waals surface area contributed by atoms with Crippen LogP contribution in [0.2, 0.25) is 0 Å². The molecule has 0 aromatic carbocycles. The summed E-state index contributed by atoms with van der Waals surface area (Å²) in [7, 11) is 0. The third-order valence-corrected chi connectivity index (χ3v) is 3.85. The van der Waals surface area contributed by atoms with Gasteiger partial charge in [-0.15, -0.1) is 0 Å². The lowest BCUT2D eigenvalue weighted by atomic mass is 10.1. The van der Waals surface area contributed by atoms with Crippen molar-refractivity contribution in [2.75, 3.05) is 11.9 Å². The van der Waals surface area contributed by atoms with Crippen LogP contribution < -0.4 is 11.0 Å². The van der Waals surface area contributed by atoms with E-state index in [1.165, 1.54) is 0 Å². The molecule has 1 aromatic heterocycles. The fourth-order valence-corrected chi connectivity index (χ4v) is 2.60. The Morgan fingerprint density at radius 3 is 2.34 bits per heavy atom. The molecule has 1 aliphatic heterocycles. The van der Waals surface area contributed by atoms with Crippen LogP contribution in [0, 0.1) is 0 Å². The number of amides is 1. The van der Waals surface area contributed by atoms with Gasteiger partial charge in [-0.3, -0.25) is 9.88 Å². The fraction of sp³-hybridized carbons (Fsp3) is 0.684. The lowest BCUT2D eigenvalue weighted by Crippen LogP contribution is -2.42. The van der Waals surface area contributed by atoms with Crippen LogP contribution >= 0.6 is 0 Å². The van der Waals surface area contributed by atoms with E-state index in [0.717, 1.165) is 12.3 Å². The number of aliphatic hydroxyl groups excluding tert-OH is 1. The molecule has 1 saturated heterocycles. The Morgan fingerprint density at radius 1 is 1.22 bits per heavy atom. The number of carbonyl (C=O) groups is 2. The molecule has 0 unspecified atom stereocenters. The van der Waals surface area contributed by atoms with E-state index in [1.807, 2.05) is 0 Å². The number of nitrogens with zero attached hydrogens (tertiary/aromatic N) is 2. The first-order valence-corrected chi connectivity index (χ1v) is 9.66. The molecule has 13 heteroatoms. The topological polar surface area (TPSA) is 138 Å². The van der Waals surface area contributed by atoms with Crippen LogP contribution in [0.15, 0.2) is 17.1 Å². The van der Waals surface area contributed by atoms with Crippen LogP contribution in [0.3, 0.4) is 0 Å². The van der Waals surface area contributed by atoms with Gasteiger partial charge in [0.1, 0.15) is 29.7 Å². The highest BCUT2D eigenvalue weighted by Crippen LogP contribution is 2.42. The van der Waals surface area contributed by atoms with Gasteiger partial charge in [-0.25, -0.2) is 14.4 Å². The summed E-state index contributed by atoms with van der Waals surface area (Å²) < 4.78 is 49.4. The maximum Gasteiger partial charge on any atom is 0.508 e. The molecule has 2 heterocycles. The van der Waals surface area contributed by atoms with E-state index in [0.29, 0.717) is 4.57 Å². The molecule has 0 bridgehead atoms. The molecule has 0 saturated carbocycles. The van der Waals surface area contributed by atoms with Crippen LogP contribution in [0.5, 0.6) is 0 Å². The largest absolute Gasteiger partial charge is 0.508 e. The smallest absolute Gasteiger partial charge is 0.444 e. The summed E-state index contributed by atoms with van der Waals surface area (Å²) >= 11 is 0. The Kier molecular flexibility index (Phi) is 7.15. The SMILES string of the molecule is CC(C)(C)OC(=O)Nc1ccn([C@@H]2O[C@H](COC(=O)OC(C)(C)C)[C@@H](O)C2(F)F)c(=O)n1. The summed E-state index contributed by atoms with van der Waals surface area (Å²) in [6.07, 6.45) is -7.32. The van der Waals surface area contributed by atoms with Crippen molar-refractivity contribution in [1.29, 1.82) is 0 Å². The summed E-state index contributed by atoms with van der Waals surface area (Å²) in [6, 6.07) is 1.08. The van der Waals surface area contributed by atoms with Crippen LogP contribution in [0.25, 0.3) is 0 Å². The Balaban J connectivity index is 2.11. The molecule has 32 heavy (non-hydrogen) atoms. The molecule has 180 valence electrons. The summed E-state index contributed by atoms with van der Waals surface area (Å²) in [5.74, 6) is -4.14. The molecule has 1 aromatic rings. The van der Waals surface area contributed by atoms with E-state index >= 15 is 0 Å². The molecular weight excluding hydrogens is 436 g/mol. The van der Waals surface area contributed by atoms with Gasteiger partial charge < -0.3 is 24.1 Å². The van der Waals surface area contributed by atoms with E-state index in [-0.39, 0.29) is 5.82 Å². The van der Waals surface area contributed by atoms with E-state index in [9.17, 15) is 28.3 Å². The number of aromatic nitrogens is 2. The number of aliphatic hydroxyl groups is 1. The van der Waals surface area contributed by atoms with Gasteiger partial charge in [-0.1, -0.05) is 0 Å². The molecule has 1 amide bonds. The van der Waals surface area contributed by atoms with Gasteiger partial charge in [0, 0.05) is 6.20 Å². The van der Waals surface area contributed by atoms with Crippen LogP contribution in [-0.2, 0) is 18.9 Å². The number of anilines is 1. The third-order valence-electron chi connectivity index (χ3n) is 3.85. The second-order valence-corrected chi connectivity index (χ2v) is 9.05. The third kappa shape index (κ3) is 6.60. The van der Waals surface area contributed by atoms with Gasteiger partial charge in [0.2, 0.25) is 6.23 Å². The molecule has 1 aliphatic rings. The highest BCUT2D eigenvalue weighted by molar-refractivity contribution is 5.83. The van der Waals surface area contributed by atoms with E-state index in [2.05, 4.69) is 10.3 Å². The van der Waals surface area contributed by atoms with Crippen LogP contribution in [-0.4, -0.2) is 62.8 Å². The van der Waals surface area contributed by atoms with Gasteiger partial charge in [0.25, 0.3) is 0 Å². The Labute approximate surface area is 182 Å². The monoisotopic (exact) mass is 463 g/mol. The molecule has 0 radical (unpaired) electrons. The molecule has 0 spiro atoms. The summed E-state index contributed by atoms with van der Waals surface area (Å²) in [5, 5.41) is 12.2. The van der Waals surface area contributed by atoms with Gasteiger partial charge in [-0.2, -0.15) is 13.8 Å². The Bertz CT molecular complexity index is 907. The zero-order valence-electron chi connectivity index (χ0n) is 18.5. The first-order valence-electron chi connectivity index (χ1n) is 9.66. The van der Waals surface area contributed by atoms with Crippen molar-refractivity contribution in [2.24, 2.45) is 0 Å². The number of carbonyl (C=O) groups excluding carboxylic acids is 2. The van der Waals surface area contributed by atoms with Crippen molar-refractivity contribution in [3.05, 3.63) is 22.7 Å². The summed E-state index contributed by atoms with van der Waals surface area (Å²) in [4.78, 5) is 39.2. The number of hydrogen-bond donors (Lipinski definition) is 2. The maximum atomic E-state index is 14.6.